The topological polar surface area (TPSA) is 64.3 Å². The van der Waals surface area contributed by atoms with E-state index in [1.807, 2.05) is 0 Å². The molecule has 0 saturated carbocycles. The summed E-state index contributed by atoms with van der Waals surface area (Å²) in [5.41, 5.74) is 0.333. The van der Waals surface area contributed by atoms with E-state index in [2.05, 4.69) is 0 Å². The molecule has 0 heterocycles. The molecular weight excluding hydrogens is 386 g/mol. The van der Waals surface area contributed by atoms with Crippen LogP contribution in [0.2, 0.25) is 0 Å². The lowest BCUT2D eigenvalue weighted by Crippen LogP contribution is -2.26. The third-order valence-corrected chi connectivity index (χ3v) is 6.07. The highest BCUT2D eigenvalue weighted by molar-refractivity contribution is 8.03. The molecule has 0 aliphatic rings. The van der Waals surface area contributed by atoms with Crippen LogP contribution in [0.25, 0.3) is 0 Å². The van der Waals surface area contributed by atoms with Crippen LogP contribution in [0.4, 0.5) is 5.69 Å². The SMILES string of the molecule is N#CCN(c1ccccc1SC(Cl)(Cl)C(Cl)Cl)S(=O)O. The molecule has 0 saturated heterocycles. The van der Waals surface area contributed by atoms with Gasteiger partial charge in [0.15, 0.2) is 3.67 Å². The Labute approximate surface area is 143 Å². The van der Waals surface area contributed by atoms with E-state index in [1.165, 1.54) is 0 Å². The summed E-state index contributed by atoms with van der Waals surface area (Å²) in [7, 11) is 0. The minimum Gasteiger partial charge on any atom is -0.289 e. The molecule has 1 aromatic carbocycles. The smallest absolute Gasteiger partial charge is 0.262 e. The molecule has 1 unspecified atom stereocenters. The normalized spacial score (nSPS) is 13.1. The van der Waals surface area contributed by atoms with Gasteiger partial charge in [0.1, 0.15) is 11.4 Å². The molecule has 4 nitrogen and oxygen atoms in total. The fourth-order valence-electron chi connectivity index (χ4n) is 1.23. The minimum absolute atomic E-state index is 0.274. The maximum atomic E-state index is 11.3. The maximum absolute atomic E-state index is 11.3. The van der Waals surface area contributed by atoms with Gasteiger partial charge in [0.05, 0.1) is 11.8 Å². The predicted molar refractivity (Wildman–Crippen MR) is 86.0 cm³/mol. The largest absolute Gasteiger partial charge is 0.289 e. The molecule has 1 aromatic rings. The zero-order chi connectivity index (χ0) is 15.3. The van der Waals surface area contributed by atoms with Gasteiger partial charge in [-0.3, -0.25) is 8.86 Å². The Balaban J connectivity index is 3.17. The average molecular weight is 394 g/mol. The van der Waals surface area contributed by atoms with Gasteiger partial charge in [0, 0.05) is 4.90 Å². The van der Waals surface area contributed by atoms with Crippen LogP contribution in [0.5, 0.6) is 0 Å². The Bertz CT molecular complexity index is 536. The van der Waals surface area contributed by atoms with Crippen molar-refractivity contribution < 1.29 is 8.76 Å². The molecule has 0 aliphatic heterocycles. The van der Waals surface area contributed by atoms with Gasteiger partial charge in [-0.05, 0) is 12.1 Å². The van der Waals surface area contributed by atoms with Crippen LogP contribution in [0.1, 0.15) is 0 Å². The molecule has 0 bridgehead atoms. The highest BCUT2D eigenvalue weighted by Crippen LogP contribution is 2.48. The lowest BCUT2D eigenvalue weighted by atomic mass is 10.3. The zero-order valence-electron chi connectivity index (χ0n) is 9.67. The van der Waals surface area contributed by atoms with Crippen molar-refractivity contribution in [2.75, 3.05) is 10.8 Å². The predicted octanol–water partition coefficient (Wildman–Crippen LogP) is 4.18. The van der Waals surface area contributed by atoms with Crippen molar-refractivity contribution in [2.45, 2.75) is 13.4 Å². The fraction of sp³-hybridized carbons (Fsp3) is 0.300. The zero-order valence-corrected chi connectivity index (χ0v) is 14.3. The van der Waals surface area contributed by atoms with Crippen LogP contribution >= 0.6 is 58.2 Å². The van der Waals surface area contributed by atoms with Gasteiger partial charge in [-0.1, -0.05) is 47.1 Å². The lowest BCUT2D eigenvalue weighted by Gasteiger charge is -2.24. The second-order valence-corrected chi connectivity index (χ2v) is 8.48. The molecule has 10 heteroatoms. The summed E-state index contributed by atoms with van der Waals surface area (Å²) in [6.07, 6.45) is 0. The van der Waals surface area contributed by atoms with E-state index < -0.39 is 19.8 Å². The molecule has 0 aliphatic carbocycles. The van der Waals surface area contributed by atoms with E-state index in [0.717, 1.165) is 16.1 Å². The number of hydrogen-bond acceptors (Lipinski definition) is 3. The molecule has 1 rings (SSSR count). The second-order valence-electron chi connectivity index (χ2n) is 3.36. The van der Waals surface area contributed by atoms with Gasteiger partial charge in [-0.2, -0.15) is 5.26 Å². The number of alkyl halides is 4. The van der Waals surface area contributed by atoms with Crippen molar-refractivity contribution >= 4 is 75.1 Å². The Morgan fingerprint density at radius 2 is 2.05 bits per heavy atom. The van der Waals surface area contributed by atoms with Crippen LogP contribution < -0.4 is 4.31 Å². The maximum Gasteiger partial charge on any atom is 0.262 e. The molecule has 0 radical (unpaired) electrons. The molecule has 110 valence electrons. The molecule has 1 N–H and O–H groups in total. The summed E-state index contributed by atoms with van der Waals surface area (Å²) in [4.78, 5) is -0.602. The summed E-state index contributed by atoms with van der Waals surface area (Å²) < 4.78 is 20.0. The molecule has 20 heavy (non-hydrogen) atoms. The van der Waals surface area contributed by atoms with Gasteiger partial charge in [-0.15, -0.1) is 23.2 Å². The van der Waals surface area contributed by atoms with Crippen molar-refractivity contribution in [3.8, 4) is 6.07 Å². The van der Waals surface area contributed by atoms with Crippen LogP contribution in [0, 0.1) is 11.3 Å². The van der Waals surface area contributed by atoms with Crippen molar-refractivity contribution in [1.29, 1.82) is 5.26 Å². The van der Waals surface area contributed by atoms with Crippen LogP contribution in [0.3, 0.4) is 0 Å². The Morgan fingerprint density at radius 1 is 1.45 bits per heavy atom. The molecule has 0 fully saturated rings. The van der Waals surface area contributed by atoms with Gasteiger partial charge < -0.3 is 0 Å². The van der Waals surface area contributed by atoms with Crippen molar-refractivity contribution in [3.63, 3.8) is 0 Å². The van der Waals surface area contributed by atoms with Crippen molar-refractivity contribution in [3.05, 3.63) is 24.3 Å². The number of nitriles is 1. The van der Waals surface area contributed by atoms with Crippen molar-refractivity contribution in [1.82, 2.24) is 0 Å². The summed E-state index contributed by atoms with van der Waals surface area (Å²) in [5, 5.41) is 8.72. The third kappa shape index (κ3) is 4.85. The number of benzene rings is 1. The molecule has 0 aromatic heterocycles. The Morgan fingerprint density at radius 3 is 2.55 bits per heavy atom. The summed E-state index contributed by atoms with van der Waals surface area (Å²) in [6.45, 7) is -0.274. The molecular formula is C10H8Cl4N2O2S2. The first-order valence-corrected chi connectivity index (χ1v) is 8.50. The highest BCUT2D eigenvalue weighted by Gasteiger charge is 2.35. The van der Waals surface area contributed by atoms with E-state index in [4.69, 9.17) is 51.7 Å². The average Bonchev–Trinajstić information content (AvgIpc) is 2.36. The quantitative estimate of drug-likeness (QED) is 0.340. The van der Waals surface area contributed by atoms with Crippen LogP contribution in [-0.2, 0) is 11.3 Å². The number of halogens is 4. The molecule has 0 amide bonds. The van der Waals surface area contributed by atoms with E-state index >= 15 is 0 Å². The monoisotopic (exact) mass is 392 g/mol. The first-order chi connectivity index (χ1) is 9.29. The molecule has 1 atom stereocenters. The first kappa shape index (κ1) is 18.2. The summed E-state index contributed by atoms with van der Waals surface area (Å²) in [6, 6.07) is 8.35. The summed E-state index contributed by atoms with van der Waals surface area (Å²) >= 11 is 21.9. The highest BCUT2D eigenvalue weighted by atomic mass is 35.5. The van der Waals surface area contributed by atoms with Gasteiger partial charge >= 0.3 is 0 Å². The number of para-hydroxylation sites is 1. The molecule has 0 spiro atoms. The minimum atomic E-state index is -2.36. The second kappa shape index (κ2) is 7.95. The van der Waals surface area contributed by atoms with E-state index in [-0.39, 0.29) is 6.54 Å². The Hall–Kier alpha value is 0.130. The standard InChI is InChI=1S/C10H8Cl4N2O2S2/c11-9(12)10(13,14)19-8-4-2-1-3-7(8)16(6-5-15)20(17)18/h1-4,9H,6H2,(H,17,18). The van der Waals surface area contributed by atoms with E-state index in [1.54, 1.807) is 30.3 Å². The van der Waals surface area contributed by atoms with E-state index in [9.17, 15) is 8.76 Å². The van der Waals surface area contributed by atoms with Crippen molar-refractivity contribution in [2.24, 2.45) is 0 Å². The third-order valence-electron chi connectivity index (χ3n) is 2.04. The fourth-order valence-corrected chi connectivity index (χ4v) is 3.36. The number of anilines is 1. The number of nitrogens with zero attached hydrogens (tertiary/aromatic N) is 2. The van der Waals surface area contributed by atoms with Crippen LogP contribution in [0.15, 0.2) is 29.2 Å². The Kier molecular flexibility index (Phi) is 7.22. The van der Waals surface area contributed by atoms with Gasteiger partial charge in [0.2, 0.25) is 0 Å². The number of hydrogen-bond donors (Lipinski definition) is 1. The van der Waals surface area contributed by atoms with Gasteiger partial charge in [-0.25, -0.2) is 4.21 Å². The van der Waals surface area contributed by atoms with E-state index in [0.29, 0.717) is 10.6 Å². The first-order valence-electron chi connectivity index (χ1n) is 4.99. The van der Waals surface area contributed by atoms with Crippen LogP contribution in [-0.4, -0.2) is 23.8 Å². The number of rotatable bonds is 6. The van der Waals surface area contributed by atoms with Gasteiger partial charge in [0.25, 0.3) is 11.3 Å². The lowest BCUT2D eigenvalue weighted by molar-refractivity contribution is 0.561. The number of thioether (sulfide) groups is 1. The summed E-state index contributed by atoms with van der Waals surface area (Å²) in [5.74, 6) is 0.